The van der Waals surface area contributed by atoms with Crippen LogP contribution in [0.2, 0.25) is 0 Å². The second-order valence-electron chi connectivity index (χ2n) is 4.97. The average Bonchev–Trinajstić information content (AvgIpc) is 3.01. The van der Waals surface area contributed by atoms with Gasteiger partial charge >= 0.3 is 0 Å². The van der Waals surface area contributed by atoms with Crippen LogP contribution in [0.3, 0.4) is 0 Å². The summed E-state index contributed by atoms with van der Waals surface area (Å²) in [7, 11) is 1.55. The summed E-state index contributed by atoms with van der Waals surface area (Å²) in [5.41, 5.74) is 0.584. The Morgan fingerprint density at radius 2 is 2.00 bits per heavy atom. The van der Waals surface area contributed by atoms with E-state index in [4.69, 9.17) is 4.74 Å². The highest BCUT2D eigenvalue weighted by molar-refractivity contribution is 7.15. The minimum atomic E-state index is 0.00301. The van der Waals surface area contributed by atoms with Gasteiger partial charge in [-0.15, -0.1) is 10.2 Å². The molecule has 1 aliphatic heterocycles. The van der Waals surface area contributed by atoms with Gasteiger partial charge in [-0.25, -0.2) is 4.98 Å². The number of aryl methyl sites for hydroxylation is 1. The topological polar surface area (TPSA) is 71.5 Å². The molecule has 1 fully saturated rings. The zero-order valence-corrected chi connectivity index (χ0v) is 13.3. The Morgan fingerprint density at radius 1 is 1.23 bits per heavy atom. The molecule has 116 valence electrons. The number of rotatable bonds is 3. The molecule has 0 N–H and O–H groups in total. The predicted octanol–water partition coefficient (Wildman–Crippen LogP) is 1.21. The number of anilines is 1. The molecule has 1 aliphatic rings. The smallest absolute Gasteiger partial charge is 0.255 e. The van der Waals surface area contributed by atoms with Gasteiger partial charge in [-0.2, -0.15) is 0 Å². The Hall–Kier alpha value is -2.22. The van der Waals surface area contributed by atoms with E-state index in [9.17, 15) is 4.79 Å². The van der Waals surface area contributed by atoms with Crippen LogP contribution in [-0.4, -0.2) is 59.3 Å². The number of aromatic nitrogens is 3. The zero-order valence-electron chi connectivity index (χ0n) is 12.5. The molecular formula is C14H17N5O2S. The number of piperazine rings is 1. The molecule has 2 aromatic heterocycles. The van der Waals surface area contributed by atoms with Crippen molar-refractivity contribution >= 4 is 22.4 Å². The van der Waals surface area contributed by atoms with E-state index in [1.54, 1.807) is 36.8 Å². The van der Waals surface area contributed by atoms with Crippen LogP contribution in [0.25, 0.3) is 0 Å². The number of carbonyl (C=O) groups excluding carboxylic acids is 1. The normalized spacial score (nSPS) is 15.0. The molecule has 0 bridgehead atoms. The van der Waals surface area contributed by atoms with E-state index in [-0.39, 0.29) is 5.91 Å². The van der Waals surface area contributed by atoms with Crippen molar-refractivity contribution < 1.29 is 9.53 Å². The number of hydrogen-bond donors (Lipinski definition) is 0. The lowest BCUT2D eigenvalue weighted by molar-refractivity contribution is 0.0746. The molecule has 1 amide bonds. The van der Waals surface area contributed by atoms with Crippen LogP contribution in [0.4, 0.5) is 5.13 Å². The Balaban J connectivity index is 1.61. The Bertz CT molecular complexity index is 650. The number of methoxy groups -OCH3 is 1. The third-order valence-electron chi connectivity index (χ3n) is 3.55. The second kappa shape index (κ2) is 6.27. The van der Waals surface area contributed by atoms with Crippen LogP contribution < -0.4 is 9.64 Å². The minimum absolute atomic E-state index is 0.00301. The molecule has 0 atom stereocenters. The largest absolute Gasteiger partial charge is 0.481 e. The van der Waals surface area contributed by atoms with Crippen LogP contribution >= 0.6 is 11.3 Å². The molecule has 7 nitrogen and oxygen atoms in total. The molecule has 0 radical (unpaired) electrons. The molecule has 22 heavy (non-hydrogen) atoms. The van der Waals surface area contributed by atoms with Crippen molar-refractivity contribution in [3.63, 3.8) is 0 Å². The molecule has 3 heterocycles. The molecule has 0 aromatic carbocycles. The fourth-order valence-electron chi connectivity index (χ4n) is 2.32. The minimum Gasteiger partial charge on any atom is -0.481 e. The van der Waals surface area contributed by atoms with Crippen LogP contribution in [0, 0.1) is 6.92 Å². The maximum Gasteiger partial charge on any atom is 0.255 e. The molecular weight excluding hydrogens is 302 g/mol. The highest BCUT2D eigenvalue weighted by Gasteiger charge is 2.24. The first-order chi connectivity index (χ1) is 10.7. The quantitative estimate of drug-likeness (QED) is 0.847. The summed E-state index contributed by atoms with van der Waals surface area (Å²) >= 11 is 1.58. The summed E-state index contributed by atoms with van der Waals surface area (Å²) < 4.78 is 5.01. The highest BCUT2D eigenvalue weighted by Crippen LogP contribution is 2.21. The number of hydrogen-bond acceptors (Lipinski definition) is 7. The van der Waals surface area contributed by atoms with Crippen molar-refractivity contribution in [2.24, 2.45) is 0 Å². The molecule has 0 spiro atoms. The number of ether oxygens (including phenoxy) is 1. The average molecular weight is 319 g/mol. The van der Waals surface area contributed by atoms with E-state index in [2.05, 4.69) is 20.1 Å². The van der Waals surface area contributed by atoms with Crippen LogP contribution in [-0.2, 0) is 0 Å². The summed E-state index contributed by atoms with van der Waals surface area (Å²) in [6, 6.07) is 3.45. The predicted molar refractivity (Wildman–Crippen MR) is 83.6 cm³/mol. The highest BCUT2D eigenvalue weighted by atomic mass is 32.1. The Morgan fingerprint density at radius 3 is 2.55 bits per heavy atom. The molecule has 3 rings (SSSR count). The van der Waals surface area contributed by atoms with Crippen LogP contribution in [0.5, 0.6) is 5.88 Å². The van der Waals surface area contributed by atoms with Crippen LogP contribution in [0.15, 0.2) is 18.3 Å². The van der Waals surface area contributed by atoms with Gasteiger partial charge in [0.25, 0.3) is 5.91 Å². The van der Waals surface area contributed by atoms with Gasteiger partial charge in [0.2, 0.25) is 11.0 Å². The SMILES string of the molecule is COc1ccc(C(=O)N2CCN(c3nnc(C)s3)CC2)cn1. The first-order valence-electron chi connectivity index (χ1n) is 7.02. The third kappa shape index (κ3) is 3.01. The lowest BCUT2D eigenvalue weighted by Gasteiger charge is -2.34. The molecule has 0 aliphatic carbocycles. The van der Waals surface area contributed by atoms with Crippen molar-refractivity contribution in [1.82, 2.24) is 20.1 Å². The number of nitrogens with zero attached hydrogens (tertiary/aromatic N) is 5. The summed E-state index contributed by atoms with van der Waals surface area (Å²) in [6.45, 7) is 4.82. The standard InChI is InChI=1S/C14H17N5O2S/c1-10-16-17-14(22-10)19-7-5-18(6-8-19)13(20)11-3-4-12(21-2)15-9-11/h3-4,9H,5-8H2,1-2H3. The molecule has 0 unspecified atom stereocenters. The summed E-state index contributed by atoms with van der Waals surface area (Å²) in [6.07, 6.45) is 1.56. The van der Waals surface area contributed by atoms with Gasteiger partial charge in [-0.3, -0.25) is 4.79 Å². The first-order valence-corrected chi connectivity index (χ1v) is 7.83. The van der Waals surface area contributed by atoms with Gasteiger partial charge in [0.05, 0.1) is 12.7 Å². The Kier molecular flexibility index (Phi) is 4.19. The second-order valence-corrected chi connectivity index (χ2v) is 6.13. The van der Waals surface area contributed by atoms with Crippen molar-refractivity contribution in [3.05, 3.63) is 28.9 Å². The fourth-order valence-corrected chi connectivity index (χ4v) is 3.06. The van der Waals surface area contributed by atoms with Gasteiger partial charge in [0, 0.05) is 38.4 Å². The van der Waals surface area contributed by atoms with E-state index in [0.717, 1.165) is 23.2 Å². The van der Waals surface area contributed by atoms with Gasteiger partial charge < -0.3 is 14.5 Å². The van der Waals surface area contributed by atoms with Crippen molar-refractivity contribution in [2.75, 3.05) is 38.2 Å². The summed E-state index contributed by atoms with van der Waals surface area (Å²) in [4.78, 5) is 20.5. The van der Waals surface area contributed by atoms with Gasteiger partial charge in [-0.1, -0.05) is 11.3 Å². The van der Waals surface area contributed by atoms with Gasteiger partial charge in [0.1, 0.15) is 5.01 Å². The van der Waals surface area contributed by atoms with Crippen molar-refractivity contribution in [3.8, 4) is 5.88 Å². The first kappa shape index (κ1) is 14.7. The van der Waals surface area contributed by atoms with E-state index >= 15 is 0 Å². The third-order valence-corrected chi connectivity index (χ3v) is 4.44. The molecule has 8 heteroatoms. The number of carbonyl (C=O) groups is 1. The molecule has 2 aromatic rings. The molecule has 1 saturated heterocycles. The number of amides is 1. The lowest BCUT2D eigenvalue weighted by atomic mass is 10.2. The van der Waals surface area contributed by atoms with E-state index in [1.807, 2.05) is 11.8 Å². The maximum atomic E-state index is 12.4. The van der Waals surface area contributed by atoms with Crippen LogP contribution in [0.1, 0.15) is 15.4 Å². The van der Waals surface area contributed by atoms with E-state index in [1.165, 1.54) is 0 Å². The Labute approximate surface area is 132 Å². The fraction of sp³-hybridized carbons (Fsp3) is 0.429. The van der Waals surface area contributed by atoms with Gasteiger partial charge in [-0.05, 0) is 13.0 Å². The monoisotopic (exact) mass is 319 g/mol. The van der Waals surface area contributed by atoms with Crippen molar-refractivity contribution in [2.45, 2.75) is 6.92 Å². The van der Waals surface area contributed by atoms with E-state index < -0.39 is 0 Å². The lowest BCUT2D eigenvalue weighted by Crippen LogP contribution is -2.48. The van der Waals surface area contributed by atoms with Gasteiger partial charge in [0.15, 0.2) is 0 Å². The number of pyridine rings is 1. The maximum absolute atomic E-state index is 12.4. The van der Waals surface area contributed by atoms with Crippen molar-refractivity contribution in [1.29, 1.82) is 0 Å². The zero-order chi connectivity index (χ0) is 15.5. The van der Waals surface area contributed by atoms with E-state index in [0.29, 0.717) is 24.5 Å². The summed E-state index contributed by atoms with van der Waals surface area (Å²) in [5, 5.41) is 10.1. The summed E-state index contributed by atoms with van der Waals surface area (Å²) in [5.74, 6) is 0.510. The molecule has 0 saturated carbocycles.